The molecule has 10 aromatic carbocycles. The molecule has 0 saturated heterocycles. The van der Waals surface area contributed by atoms with Gasteiger partial charge in [0.2, 0.25) is 0 Å². The first-order chi connectivity index (χ1) is 31.8. The summed E-state index contributed by atoms with van der Waals surface area (Å²) in [6.07, 6.45) is 0. The zero-order chi connectivity index (χ0) is 43.8. The van der Waals surface area contributed by atoms with E-state index in [1.54, 1.807) is 0 Å². The van der Waals surface area contributed by atoms with Crippen LogP contribution in [0.4, 0.5) is 0 Å². The molecule has 12 rings (SSSR count). The normalized spacial score (nSPS) is 13.1. The van der Waals surface area contributed by atoms with E-state index in [1.807, 2.05) is 30.3 Å². The van der Waals surface area contributed by atoms with Crippen LogP contribution in [0, 0.1) is 5.41 Å². The number of nitrogens with one attached hydrogen (secondary N) is 1. The molecule has 0 amide bonds. The van der Waals surface area contributed by atoms with E-state index in [9.17, 15) is 5.41 Å². The Kier molecular flexibility index (Phi) is 8.79. The van der Waals surface area contributed by atoms with Gasteiger partial charge in [-0.1, -0.05) is 178 Å². The van der Waals surface area contributed by atoms with Gasteiger partial charge in [-0.2, -0.15) is 0 Å². The third kappa shape index (κ3) is 6.13. The van der Waals surface area contributed by atoms with Crippen molar-refractivity contribution in [2.75, 3.05) is 0 Å². The molecule has 308 valence electrons. The largest absolute Gasteiger partial charge is 0.383 e. The van der Waals surface area contributed by atoms with E-state index in [2.05, 4.69) is 200 Å². The first-order valence-corrected chi connectivity index (χ1v) is 22.2. The van der Waals surface area contributed by atoms with Crippen molar-refractivity contribution < 1.29 is 0 Å². The predicted molar refractivity (Wildman–Crippen MR) is 274 cm³/mol. The second-order valence-corrected chi connectivity index (χ2v) is 17.7. The van der Waals surface area contributed by atoms with Crippen LogP contribution in [0.1, 0.15) is 36.1 Å². The molecule has 11 aromatic rings. The minimum atomic E-state index is -0.267. The fourth-order valence-electron chi connectivity index (χ4n) is 10.6. The van der Waals surface area contributed by atoms with Crippen molar-refractivity contribution in [2.24, 2.45) is 10.7 Å². The van der Waals surface area contributed by atoms with E-state index in [4.69, 9.17) is 10.7 Å². The number of rotatable bonds is 6. The minimum Gasteiger partial charge on any atom is -0.383 e. The van der Waals surface area contributed by atoms with E-state index in [1.165, 1.54) is 54.9 Å². The molecule has 3 N–H and O–H groups in total. The quantitative estimate of drug-likeness (QED) is 0.0978. The van der Waals surface area contributed by atoms with Gasteiger partial charge in [0.05, 0.1) is 11.0 Å². The van der Waals surface area contributed by atoms with Gasteiger partial charge in [-0.05, 0) is 126 Å². The lowest BCUT2D eigenvalue weighted by molar-refractivity contribution is 0.667. The highest BCUT2D eigenvalue weighted by atomic mass is 15.0. The molecular formula is C61H44N4. The molecule has 65 heavy (non-hydrogen) atoms. The molecular weight excluding hydrogens is 789 g/mol. The summed E-state index contributed by atoms with van der Waals surface area (Å²) in [6.45, 7) is 4.74. The van der Waals surface area contributed by atoms with Crippen LogP contribution >= 0.6 is 0 Å². The number of amidine groups is 2. The number of fused-ring (bicyclic) bond motifs is 11. The average molecular weight is 833 g/mol. The third-order valence-electron chi connectivity index (χ3n) is 13.6. The fourth-order valence-corrected chi connectivity index (χ4v) is 10.6. The molecule has 0 saturated carbocycles. The zero-order valence-electron chi connectivity index (χ0n) is 36.2. The topological polar surface area (TPSA) is 67.2 Å². The van der Waals surface area contributed by atoms with Gasteiger partial charge in [-0.15, -0.1) is 0 Å². The van der Waals surface area contributed by atoms with Crippen LogP contribution in [0.2, 0.25) is 0 Å². The van der Waals surface area contributed by atoms with Crippen LogP contribution in [-0.4, -0.2) is 16.2 Å². The van der Waals surface area contributed by atoms with Gasteiger partial charge in [-0.3, -0.25) is 5.41 Å². The zero-order valence-corrected chi connectivity index (χ0v) is 36.2. The maximum Gasteiger partial charge on any atom is 0.154 e. The third-order valence-corrected chi connectivity index (χ3v) is 13.6. The Labute approximate surface area is 378 Å². The number of hydrogen-bond acceptors (Lipinski definition) is 1. The summed E-state index contributed by atoms with van der Waals surface area (Å²) in [6, 6.07) is 75.5. The summed E-state index contributed by atoms with van der Waals surface area (Å²) in [5, 5.41) is 16.9. The number of aromatic nitrogens is 1. The average Bonchev–Trinajstić information content (AvgIpc) is 3.83. The lowest BCUT2D eigenvalue weighted by atomic mass is 9.78. The Bertz CT molecular complexity index is 3760. The second-order valence-electron chi connectivity index (χ2n) is 17.7. The van der Waals surface area contributed by atoms with E-state index >= 15 is 0 Å². The summed E-state index contributed by atoms with van der Waals surface area (Å²) in [4.78, 5) is 4.72. The summed E-state index contributed by atoms with van der Waals surface area (Å²) in [7, 11) is 0. The van der Waals surface area contributed by atoms with Crippen LogP contribution in [0.25, 0.3) is 93.5 Å². The number of aliphatic imine (C=N–C) groups is 1. The van der Waals surface area contributed by atoms with Gasteiger partial charge >= 0.3 is 0 Å². The Morgan fingerprint density at radius 3 is 1.85 bits per heavy atom. The lowest BCUT2D eigenvalue weighted by Crippen LogP contribution is -2.16. The summed E-state index contributed by atoms with van der Waals surface area (Å²) < 4.78 is 2.38. The monoisotopic (exact) mass is 832 g/mol. The number of benzene rings is 10. The molecule has 0 bridgehead atoms. The smallest absolute Gasteiger partial charge is 0.154 e. The summed E-state index contributed by atoms with van der Waals surface area (Å²) >= 11 is 0. The van der Waals surface area contributed by atoms with Crippen LogP contribution in [0.3, 0.4) is 0 Å². The number of hydrogen-bond donors (Lipinski definition) is 2. The molecule has 0 aliphatic heterocycles. The molecule has 0 fully saturated rings. The molecule has 1 aromatic heterocycles. The number of nitrogens with two attached hydrogens (primary N) is 1. The van der Waals surface area contributed by atoms with Crippen molar-refractivity contribution in [3.8, 4) is 50.2 Å². The first-order valence-electron chi connectivity index (χ1n) is 22.2. The van der Waals surface area contributed by atoms with Gasteiger partial charge in [0.25, 0.3) is 0 Å². The molecule has 0 radical (unpaired) electrons. The SMILES string of the molecule is CC1(C)c2cc(-c3cc(C(=N)N=C(N)c4ccccc4)cc(-c4cccc5c4c4ccccc4n5-c4cccc(-c5ccccc5)c4)c3)ccc2-c2c1c1ccccc1c1ccccc21. The second kappa shape index (κ2) is 14.9. The van der Waals surface area contributed by atoms with Crippen LogP contribution < -0.4 is 5.73 Å². The van der Waals surface area contributed by atoms with Gasteiger partial charge in [0.15, 0.2) is 5.84 Å². The van der Waals surface area contributed by atoms with Crippen molar-refractivity contribution in [1.82, 2.24) is 4.57 Å². The van der Waals surface area contributed by atoms with Gasteiger partial charge < -0.3 is 10.3 Å². The fraction of sp³-hybridized carbons (Fsp3) is 0.0492. The minimum absolute atomic E-state index is 0.105. The molecule has 1 aliphatic carbocycles. The maximum atomic E-state index is 9.48. The molecule has 0 unspecified atom stereocenters. The Hall–Kier alpha value is -8.34. The molecule has 4 nitrogen and oxygen atoms in total. The van der Waals surface area contributed by atoms with Crippen molar-refractivity contribution in [3.05, 3.63) is 235 Å². The van der Waals surface area contributed by atoms with Gasteiger partial charge in [0, 0.05) is 33.0 Å². The van der Waals surface area contributed by atoms with E-state index in [0.717, 1.165) is 55.3 Å². The van der Waals surface area contributed by atoms with E-state index < -0.39 is 0 Å². The van der Waals surface area contributed by atoms with Crippen molar-refractivity contribution >= 4 is 55.0 Å². The standard InChI is InChI=1S/C61H44N4/c1-61(2)53-37-41(31-32-51(53)57-49-25-11-9-23-47(49)48-24-10-12-26-50(48)58(57)61)42-33-43(35-44(34-42)60(63)64-59(62)39-19-7-4-8-20-39)46-28-16-30-55-56(46)52-27-13-14-29-54(52)65(55)45-22-15-21-40(36-45)38-17-5-3-6-18-38/h3-37H,1-2H3,(H3,62,63,64). The molecule has 1 heterocycles. The summed E-state index contributed by atoms with van der Waals surface area (Å²) in [5.74, 6) is 0.413. The highest BCUT2D eigenvalue weighted by molar-refractivity contribution is 6.19. The van der Waals surface area contributed by atoms with Crippen molar-refractivity contribution in [2.45, 2.75) is 19.3 Å². The molecule has 1 aliphatic rings. The highest BCUT2D eigenvalue weighted by Gasteiger charge is 2.38. The number of nitrogens with zero attached hydrogens (tertiary/aromatic N) is 2. The Balaban J connectivity index is 1.07. The van der Waals surface area contributed by atoms with Crippen LogP contribution in [-0.2, 0) is 5.41 Å². The van der Waals surface area contributed by atoms with Crippen LogP contribution in [0.15, 0.2) is 217 Å². The van der Waals surface area contributed by atoms with Gasteiger partial charge in [-0.25, -0.2) is 4.99 Å². The Morgan fingerprint density at radius 2 is 1.06 bits per heavy atom. The molecule has 4 heteroatoms. The maximum absolute atomic E-state index is 9.48. The lowest BCUT2D eigenvalue weighted by Gasteiger charge is -2.24. The summed E-state index contributed by atoms with van der Waals surface area (Å²) in [5.41, 5.74) is 22.9. The van der Waals surface area contributed by atoms with Crippen molar-refractivity contribution in [1.29, 1.82) is 5.41 Å². The molecule has 0 spiro atoms. The first kappa shape index (κ1) is 38.3. The Morgan fingerprint density at radius 1 is 0.462 bits per heavy atom. The van der Waals surface area contributed by atoms with E-state index in [-0.39, 0.29) is 11.3 Å². The van der Waals surface area contributed by atoms with E-state index in [0.29, 0.717) is 11.4 Å². The van der Waals surface area contributed by atoms with Crippen LogP contribution in [0.5, 0.6) is 0 Å². The number of para-hydroxylation sites is 1. The molecule has 0 atom stereocenters. The van der Waals surface area contributed by atoms with Crippen molar-refractivity contribution in [3.63, 3.8) is 0 Å². The van der Waals surface area contributed by atoms with Gasteiger partial charge in [0.1, 0.15) is 5.84 Å². The highest BCUT2D eigenvalue weighted by Crippen LogP contribution is 2.55. The predicted octanol–water partition coefficient (Wildman–Crippen LogP) is 15.1.